The average Bonchev–Trinajstić information content (AvgIpc) is 3.83. The molecule has 2 aromatic carbocycles. The third kappa shape index (κ3) is 5.31. The van der Waals surface area contributed by atoms with Crippen LogP contribution in [0.15, 0.2) is 83.6 Å². The molecule has 1 fully saturated rings. The number of ether oxygens (including phenoxy) is 2. The molecule has 7 rings (SSSR count). The number of nitrogen functional groups attached to an aromatic ring is 1. The molecule has 1 unspecified atom stereocenters. The Kier molecular flexibility index (Phi) is 7.51. The van der Waals surface area contributed by atoms with E-state index in [1.54, 1.807) is 36.4 Å². The molecular weight excluding hydrogens is 574 g/mol. The number of methoxy groups -OCH3 is 1. The van der Waals surface area contributed by atoms with Gasteiger partial charge < -0.3 is 29.4 Å². The lowest BCUT2D eigenvalue weighted by molar-refractivity contribution is -0.134. The zero-order valence-corrected chi connectivity index (χ0v) is 25.0. The zero-order chi connectivity index (χ0) is 30.9. The Labute approximate surface area is 258 Å². The van der Waals surface area contributed by atoms with E-state index in [0.29, 0.717) is 61.1 Å². The highest BCUT2D eigenvalue weighted by molar-refractivity contribution is 5.92. The predicted molar refractivity (Wildman–Crippen MR) is 168 cm³/mol. The Morgan fingerprint density at radius 1 is 1.02 bits per heavy atom. The number of piperazine rings is 1. The molecule has 45 heavy (non-hydrogen) atoms. The maximum atomic E-state index is 14.4. The van der Waals surface area contributed by atoms with Crippen molar-refractivity contribution >= 4 is 34.2 Å². The maximum Gasteiger partial charge on any atom is 0.252 e. The first-order chi connectivity index (χ1) is 22.0. The number of rotatable bonds is 9. The number of carbonyl (C=O) groups excluding carboxylic acids is 1. The second kappa shape index (κ2) is 11.9. The van der Waals surface area contributed by atoms with Gasteiger partial charge in [-0.1, -0.05) is 30.3 Å². The number of fused-ring (bicyclic) bond motifs is 3. The zero-order valence-electron chi connectivity index (χ0n) is 25.0. The van der Waals surface area contributed by atoms with Gasteiger partial charge in [0.15, 0.2) is 23.1 Å². The number of amides is 1. The minimum atomic E-state index is -0.757. The summed E-state index contributed by atoms with van der Waals surface area (Å²) in [6.45, 7) is 4.94. The molecule has 0 bridgehead atoms. The van der Waals surface area contributed by atoms with Gasteiger partial charge >= 0.3 is 0 Å². The summed E-state index contributed by atoms with van der Waals surface area (Å²) >= 11 is 0. The first kappa shape index (κ1) is 28.3. The summed E-state index contributed by atoms with van der Waals surface area (Å²) in [7, 11) is 1.65. The molecular formula is C32H33N9O4. The van der Waals surface area contributed by atoms with E-state index in [1.807, 2.05) is 47.4 Å². The lowest BCUT2D eigenvalue weighted by Crippen LogP contribution is -2.55. The first-order valence-corrected chi connectivity index (χ1v) is 14.8. The fraction of sp³-hybridized carbons (Fsp3) is 0.281. The Balaban J connectivity index is 1.18. The summed E-state index contributed by atoms with van der Waals surface area (Å²) < 4.78 is 19.4. The van der Waals surface area contributed by atoms with Crippen LogP contribution in [0.25, 0.3) is 28.3 Å². The highest BCUT2D eigenvalue weighted by atomic mass is 16.5. The quantitative estimate of drug-likeness (QED) is 0.242. The molecule has 0 radical (unpaired) electrons. The van der Waals surface area contributed by atoms with Gasteiger partial charge in [0.05, 0.1) is 24.5 Å². The van der Waals surface area contributed by atoms with Gasteiger partial charge in [0, 0.05) is 38.5 Å². The number of nitrogens with two attached hydrogens (primary N) is 1. The van der Waals surface area contributed by atoms with E-state index in [2.05, 4.69) is 44.1 Å². The van der Waals surface area contributed by atoms with Crippen LogP contribution < -0.4 is 15.4 Å². The van der Waals surface area contributed by atoms with E-state index in [-0.39, 0.29) is 17.9 Å². The third-order valence-corrected chi connectivity index (χ3v) is 8.05. The SMILES string of the molecule is COCCOc1ccc(N2CCN(C(=O)C(c3ccccc3)n3ncc4c3nc(N)n3nc(-c5ccco5)nc43)C[C@@H]2C)cc1. The lowest BCUT2D eigenvalue weighted by Gasteiger charge is -2.42. The van der Waals surface area contributed by atoms with Crippen LogP contribution in [-0.2, 0) is 9.53 Å². The number of anilines is 2. The number of hydrogen-bond donors (Lipinski definition) is 1. The molecule has 4 aromatic heterocycles. The van der Waals surface area contributed by atoms with Gasteiger partial charge in [-0.05, 0) is 48.9 Å². The van der Waals surface area contributed by atoms with Gasteiger partial charge in [0.25, 0.3) is 5.91 Å². The molecule has 0 aliphatic carbocycles. The molecule has 0 saturated carbocycles. The Morgan fingerprint density at radius 3 is 2.58 bits per heavy atom. The van der Waals surface area contributed by atoms with E-state index in [9.17, 15) is 4.79 Å². The molecule has 1 aliphatic heterocycles. The smallest absolute Gasteiger partial charge is 0.252 e. The van der Waals surface area contributed by atoms with Crippen molar-refractivity contribution in [1.29, 1.82) is 0 Å². The lowest BCUT2D eigenvalue weighted by atomic mass is 10.0. The Bertz CT molecular complexity index is 1920. The molecule has 1 saturated heterocycles. The van der Waals surface area contributed by atoms with Crippen LogP contribution in [0.1, 0.15) is 18.5 Å². The van der Waals surface area contributed by atoms with Crippen molar-refractivity contribution in [2.75, 3.05) is 50.6 Å². The van der Waals surface area contributed by atoms with E-state index in [4.69, 9.17) is 19.6 Å². The van der Waals surface area contributed by atoms with Crippen molar-refractivity contribution in [3.8, 4) is 17.3 Å². The Hall–Kier alpha value is -5.43. The van der Waals surface area contributed by atoms with E-state index < -0.39 is 6.04 Å². The third-order valence-electron chi connectivity index (χ3n) is 8.05. The number of hydrogen-bond acceptors (Lipinski definition) is 10. The van der Waals surface area contributed by atoms with Gasteiger partial charge in [-0.2, -0.15) is 14.6 Å². The number of benzene rings is 2. The van der Waals surface area contributed by atoms with E-state index in [0.717, 1.165) is 17.0 Å². The summed E-state index contributed by atoms with van der Waals surface area (Å²) in [4.78, 5) is 27.9. The molecule has 6 aromatic rings. The summed E-state index contributed by atoms with van der Waals surface area (Å²) in [6.07, 6.45) is 3.22. The fourth-order valence-corrected chi connectivity index (χ4v) is 5.84. The molecule has 5 heterocycles. The van der Waals surface area contributed by atoms with E-state index >= 15 is 0 Å². The minimum absolute atomic E-state index is 0.0717. The second-order valence-electron chi connectivity index (χ2n) is 10.9. The summed E-state index contributed by atoms with van der Waals surface area (Å²) in [5, 5.41) is 9.79. The van der Waals surface area contributed by atoms with Crippen molar-refractivity contribution in [1.82, 2.24) is 34.3 Å². The predicted octanol–water partition coefficient (Wildman–Crippen LogP) is 3.67. The normalized spacial score (nSPS) is 16.0. The van der Waals surface area contributed by atoms with Gasteiger partial charge in [-0.25, -0.2) is 9.67 Å². The average molecular weight is 608 g/mol. The van der Waals surface area contributed by atoms with Crippen LogP contribution in [0.2, 0.25) is 0 Å². The number of furan rings is 1. The van der Waals surface area contributed by atoms with Crippen LogP contribution in [0.3, 0.4) is 0 Å². The van der Waals surface area contributed by atoms with Crippen molar-refractivity contribution in [3.63, 3.8) is 0 Å². The van der Waals surface area contributed by atoms with Crippen LogP contribution in [0.4, 0.5) is 11.6 Å². The molecule has 13 heteroatoms. The topological polar surface area (TPSA) is 142 Å². The second-order valence-corrected chi connectivity index (χ2v) is 10.9. The summed E-state index contributed by atoms with van der Waals surface area (Å²) in [6, 6.07) is 20.5. The molecule has 230 valence electrons. The Morgan fingerprint density at radius 2 is 1.84 bits per heavy atom. The van der Waals surface area contributed by atoms with Crippen molar-refractivity contribution in [2.45, 2.75) is 19.0 Å². The molecule has 13 nitrogen and oxygen atoms in total. The van der Waals surface area contributed by atoms with Crippen LogP contribution >= 0.6 is 0 Å². The summed E-state index contributed by atoms with van der Waals surface area (Å²) in [5.74, 6) is 1.74. The van der Waals surface area contributed by atoms with Gasteiger partial charge in [0.1, 0.15) is 12.4 Å². The van der Waals surface area contributed by atoms with Crippen LogP contribution in [0, 0.1) is 0 Å². The van der Waals surface area contributed by atoms with Crippen molar-refractivity contribution in [2.24, 2.45) is 0 Å². The van der Waals surface area contributed by atoms with E-state index in [1.165, 1.54) is 4.52 Å². The first-order valence-electron chi connectivity index (χ1n) is 14.8. The van der Waals surface area contributed by atoms with Gasteiger partial charge in [0.2, 0.25) is 11.8 Å². The molecule has 2 N–H and O–H groups in total. The molecule has 1 aliphatic rings. The minimum Gasteiger partial charge on any atom is -0.491 e. The van der Waals surface area contributed by atoms with Gasteiger partial charge in [-0.15, -0.1) is 5.10 Å². The standard InChI is InChI=1S/C32H33N9O4/c1-21-20-38(14-15-39(21)23-10-12-24(13-11-23)44-18-17-43-2)31(42)27(22-7-4-3-5-8-22)40-30-25(19-34-40)29-35-28(26-9-6-16-45-26)37-41(29)32(33)36-30/h3-13,16,19,21,27H,14-15,17-18,20H2,1-2H3,(H2,33,36)/t21-,27?/m0/s1. The number of carbonyl (C=O) groups is 1. The molecule has 1 amide bonds. The maximum absolute atomic E-state index is 14.4. The number of nitrogens with zero attached hydrogens (tertiary/aromatic N) is 8. The monoisotopic (exact) mass is 607 g/mol. The largest absolute Gasteiger partial charge is 0.491 e. The summed E-state index contributed by atoms with van der Waals surface area (Å²) in [5.41, 5.74) is 9.17. The highest BCUT2D eigenvalue weighted by Gasteiger charge is 2.34. The van der Waals surface area contributed by atoms with Crippen molar-refractivity contribution in [3.05, 3.63) is 84.8 Å². The van der Waals surface area contributed by atoms with Crippen LogP contribution in [-0.4, -0.2) is 86.2 Å². The number of aromatic nitrogens is 6. The van der Waals surface area contributed by atoms with Gasteiger partial charge in [-0.3, -0.25) is 4.79 Å². The fourth-order valence-electron chi connectivity index (χ4n) is 5.84. The van der Waals surface area contributed by atoms with Crippen LogP contribution in [0.5, 0.6) is 5.75 Å². The molecule has 2 atom stereocenters. The highest BCUT2D eigenvalue weighted by Crippen LogP contribution is 2.30. The molecule has 0 spiro atoms. The van der Waals surface area contributed by atoms with Crippen molar-refractivity contribution < 1.29 is 18.7 Å².